The fraction of sp³-hybridized carbons (Fsp3) is 0.538. The number of nitrogens with zero attached hydrogens (tertiary/aromatic N) is 1. The van der Waals surface area contributed by atoms with Crippen LogP contribution in [0.4, 0.5) is 17.1 Å². The first-order valence-corrected chi connectivity index (χ1v) is 7.73. The molecule has 1 aliphatic rings. The second kappa shape index (κ2) is 6.65. The third kappa shape index (κ3) is 3.53. The van der Waals surface area contributed by atoms with Crippen LogP contribution < -0.4 is 10.6 Å². The molecule has 0 spiro atoms. The molecule has 19 heavy (non-hydrogen) atoms. The van der Waals surface area contributed by atoms with Crippen LogP contribution in [0.25, 0.3) is 0 Å². The van der Waals surface area contributed by atoms with E-state index in [1.54, 1.807) is 12.1 Å². The van der Waals surface area contributed by atoms with Crippen molar-refractivity contribution in [2.75, 3.05) is 28.7 Å². The normalized spacial score (nSPS) is 18.9. The Hall–Kier alpha value is -1.43. The lowest BCUT2D eigenvalue weighted by Gasteiger charge is -2.23. The van der Waals surface area contributed by atoms with Gasteiger partial charge in [0, 0.05) is 18.3 Å². The van der Waals surface area contributed by atoms with E-state index in [-0.39, 0.29) is 10.6 Å². The van der Waals surface area contributed by atoms with Gasteiger partial charge in [-0.15, -0.1) is 0 Å². The average molecular weight is 281 g/mol. The topological polar surface area (TPSA) is 67.2 Å². The van der Waals surface area contributed by atoms with Crippen LogP contribution in [0.2, 0.25) is 0 Å². The second-order valence-corrected chi connectivity index (χ2v) is 5.70. The number of nitro benzene ring substituents is 1. The predicted molar refractivity (Wildman–Crippen MR) is 81.2 cm³/mol. The molecule has 1 aromatic rings. The molecule has 1 unspecified atom stereocenters. The zero-order valence-electron chi connectivity index (χ0n) is 11.0. The fourth-order valence-electron chi connectivity index (χ4n) is 2.26. The van der Waals surface area contributed by atoms with E-state index in [0.29, 0.717) is 24.0 Å². The third-order valence-electron chi connectivity index (χ3n) is 3.11. The Kier molecular flexibility index (Phi) is 4.90. The van der Waals surface area contributed by atoms with Gasteiger partial charge < -0.3 is 10.6 Å². The summed E-state index contributed by atoms with van der Waals surface area (Å²) in [6.45, 7) is 2.60. The molecular formula is C13H19N3O2S. The van der Waals surface area contributed by atoms with E-state index in [4.69, 9.17) is 0 Å². The van der Waals surface area contributed by atoms with Gasteiger partial charge in [0.15, 0.2) is 0 Å². The van der Waals surface area contributed by atoms with Gasteiger partial charge in [0.1, 0.15) is 11.4 Å². The van der Waals surface area contributed by atoms with Gasteiger partial charge in [-0.2, -0.15) is 11.8 Å². The molecular weight excluding hydrogens is 262 g/mol. The van der Waals surface area contributed by atoms with E-state index < -0.39 is 0 Å². The van der Waals surface area contributed by atoms with Crippen LogP contribution in [0.3, 0.4) is 0 Å². The summed E-state index contributed by atoms with van der Waals surface area (Å²) in [5, 5.41) is 17.7. The summed E-state index contributed by atoms with van der Waals surface area (Å²) in [6, 6.07) is 5.72. The molecule has 0 bridgehead atoms. The van der Waals surface area contributed by atoms with Gasteiger partial charge in [0.05, 0.1) is 4.92 Å². The molecule has 2 N–H and O–H groups in total. The summed E-state index contributed by atoms with van der Waals surface area (Å²) in [7, 11) is 0. The molecule has 0 amide bonds. The number of anilines is 2. The second-order valence-electron chi connectivity index (χ2n) is 4.55. The lowest BCUT2D eigenvalue weighted by atomic mass is 10.1. The number of nitro groups is 1. The maximum Gasteiger partial charge on any atom is 0.315 e. The van der Waals surface area contributed by atoms with E-state index in [1.165, 1.54) is 12.2 Å². The Morgan fingerprint density at radius 2 is 2.26 bits per heavy atom. The highest BCUT2D eigenvalue weighted by atomic mass is 32.2. The molecule has 5 nitrogen and oxygen atoms in total. The zero-order chi connectivity index (χ0) is 13.7. The Morgan fingerprint density at radius 1 is 1.47 bits per heavy atom. The standard InChI is InChI=1S/C13H19N3O2S/c1-2-14-11-6-3-7-12(13(11)16(17)18)15-10-5-4-8-19-9-10/h3,6-7,10,14-15H,2,4-5,8-9H2,1H3. The average Bonchev–Trinajstić information content (AvgIpc) is 2.40. The van der Waals surface area contributed by atoms with Gasteiger partial charge in [0.25, 0.3) is 0 Å². The summed E-state index contributed by atoms with van der Waals surface area (Å²) < 4.78 is 0. The number of rotatable bonds is 5. The molecule has 104 valence electrons. The Bertz CT molecular complexity index is 448. The number of thioether (sulfide) groups is 1. The van der Waals surface area contributed by atoms with Gasteiger partial charge in [-0.1, -0.05) is 6.07 Å². The van der Waals surface area contributed by atoms with E-state index >= 15 is 0 Å². The molecule has 0 aromatic heterocycles. The van der Waals surface area contributed by atoms with Crippen molar-refractivity contribution >= 4 is 28.8 Å². The van der Waals surface area contributed by atoms with Crippen molar-refractivity contribution in [2.45, 2.75) is 25.8 Å². The van der Waals surface area contributed by atoms with Crippen LogP contribution >= 0.6 is 11.8 Å². The van der Waals surface area contributed by atoms with Crippen molar-refractivity contribution < 1.29 is 4.92 Å². The number of benzene rings is 1. The first-order chi connectivity index (χ1) is 9.22. The lowest BCUT2D eigenvalue weighted by molar-refractivity contribution is -0.383. The molecule has 0 aliphatic carbocycles. The van der Waals surface area contributed by atoms with Crippen molar-refractivity contribution in [3.05, 3.63) is 28.3 Å². The minimum Gasteiger partial charge on any atom is -0.380 e. The molecule has 1 atom stereocenters. The van der Waals surface area contributed by atoms with Crippen molar-refractivity contribution in [1.29, 1.82) is 0 Å². The Labute approximate surface area is 117 Å². The number of hydrogen-bond donors (Lipinski definition) is 2. The van der Waals surface area contributed by atoms with E-state index in [0.717, 1.165) is 12.2 Å². The Balaban J connectivity index is 2.22. The SMILES string of the molecule is CCNc1cccc(NC2CCCSC2)c1[N+](=O)[O-]. The monoisotopic (exact) mass is 281 g/mol. The molecule has 1 heterocycles. The van der Waals surface area contributed by atoms with Crippen molar-refractivity contribution in [1.82, 2.24) is 0 Å². The maximum atomic E-state index is 11.3. The third-order valence-corrected chi connectivity index (χ3v) is 4.32. The number of hydrogen-bond acceptors (Lipinski definition) is 5. The minimum absolute atomic E-state index is 0.153. The van der Waals surface area contributed by atoms with Crippen LogP contribution in [-0.4, -0.2) is 29.0 Å². The van der Waals surface area contributed by atoms with E-state index in [2.05, 4.69) is 10.6 Å². The predicted octanol–water partition coefficient (Wildman–Crippen LogP) is 3.33. The van der Waals surface area contributed by atoms with Gasteiger partial charge in [0.2, 0.25) is 0 Å². The summed E-state index contributed by atoms with van der Waals surface area (Å²) in [6.07, 6.45) is 2.25. The van der Waals surface area contributed by atoms with E-state index in [1.807, 2.05) is 24.8 Å². The molecule has 1 aliphatic heterocycles. The zero-order valence-corrected chi connectivity index (χ0v) is 11.8. The van der Waals surface area contributed by atoms with Crippen molar-refractivity contribution in [3.8, 4) is 0 Å². The highest BCUT2D eigenvalue weighted by molar-refractivity contribution is 7.99. The maximum absolute atomic E-state index is 11.3. The van der Waals surface area contributed by atoms with Crippen molar-refractivity contribution in [2.24, 2.45) is 0 Å². The van der Waals surface area contributed by atoms with Gasteiger partial charge in [-0.05, 0) is 37.7 Å². The van der Waals surface area contributed by atoms with Crippen LogP contribution in [-0.2, 0) is 0 Å². The molecule has 1 aromatic carbocycles. The molecule has 1 fully saturated rings. The van der Waals surface area contributed by atoms with Gasteiger partial charge in [-0.3, -0.25) is 10.1 Å². The molecule has 0 saturated carbocycles. The first-order valence-electron chi connectivity index (χ1n) is 6.58. The number of nitrogens with one attached hydrogen (secondary N) is 2. The first kappa shape index (κ1) is 14.0. The van der Waals surface area contributed by atoms with E-state index in [9.17, 15) is 10.1 Å². The fourth-order valence-corrected chi connectivity index (χ4v) is 3.34. The van der Waals surface area contributed by atoms with Crippen LogP contribution in [0.15, 0.2) is 18.2 Å². The van der Waals surface area contributed by atoms with Crippen LogP contribution in [0, 0.1) is 10.1 Å². The molecule has 6 heteroatoms. The van der Waals surface area contributed by atoms with Gasteiger partial charge in [-0.25, -0.2) is 0 Å². The molecule has 0 radical (unpaired) electrons. The smallest absolute Gasteiger partial charge is 0.315 e. The largest absolute Gasteiger partial charge is 0.380 e. The summed E-state index contributed by atoms with van der Waals surface area (Å²) >= 11 is 1.90. The van der Waals surface area contributed by atoms with Gasteiger partial charge >= 0.3 is 5.69 Å². The van der Waals surface area contributed by atoms with Crippen LogP contribution in [0.1, 0.15) is 19.8 Å². The van der Waals surface area contributed by atoms with Crippen LogP contribution in [0.5, 0.6) is 0 Å². The quantitative estimate of drug-likeness (QED) is 0.640. The summed E-state index contributed by atoms with van der Waals surface area (Å²) in [5.41, 5.74) is 1.36. The number of para-hydroxylation sites is 1. The molecule has 2 rings (SSSR count). The summed E-state index contributed by atoms with van der Waals surface area (Å²) in [5.74, 6) is 2.21. The minimum atomic E-state index is -0.309. The Morgan fingerprint density at radius 3 is 2.89 bits per heavy atom. The lowest BCUT2D eigenvalue weighted by Crippen LogP contribution is -2.26. The summed E-state index contributed by atoms with van der Waals surface area (Å²) in [4.78, 5) is 11.0. The highest BCUT2D eigenvalue weighted by Crippen LogP contribution is 2.34. The highest BCUT2D eigenvalue weighted by Gasteiger charge is 2.22. The molecule has 1 saturated heterocycles. The van der Waals surface area contributed by atoms with Crippen molar-refractivity contribution in [3.63, 3.8) is 0 Å².